The van der Waals surface area contributed by atoms with Crippen LogP contribution in [0.5, 0.6) is 0 Å². The minimum Gasteiger partial charge on any atom is -0.477 e. The van der Waals surface area contributed by atoms with Crippen LogP contribution in [0.1, 0.15) is 54.9 Å². The van der Waals surface area contributed by atoms with Gasteiger partial charge in [0, 0.05) is 48.0 Å². The third-order valence-electron chi connectivity index (χ3n) is 26.8. The predicted molar refractivity (Wildman–Crippen MR) is 461 cm³/mol. The van der Waals surface area contributed by atoms with Crippen LogP contribution >= 0.6 is 0 Å². The Labute approximate surface area is 843 Å². The standard InChI is InChI=1S/C83H137N7O59/c1-20-46(108)59(121)62(124)78(132-20)129-18-37-67(55(117)40(72(126)133-37)84-21(2)99)144-75-43(87-24(5)102)58(120)66(34(15-97)137-75)145-79-63(125)69(52(114)35(141-79)17-130-80-70(60(122)49(111)30(11-93)135-80)147-76-44(88-25(6)103)56(118)64(32(13-95)138-76)142-73-41(85-22(3)100)53(115)48(110)29(10-92)134-73)146-81-71(61(123)50(112)31(12-94)136-81)148-77-45(89-26(7)104)57(119)65(33(14-96)139-77)143-74-42(86-23(4)101)54(116)51(113)36(140-74)19-131-83(82(127)128)8-27(105)39(90-38(107)16-98)68(149-83)47(109)28(106)9-91/h20,27-37,39-81,91-98,105-106,108-126H,8-19H2,1-7H3,(H,84,99)(H,85,100)(H,86,101)(H,87,102)(H,88,103)(H,89,104)(H,90,107)(H,127,128)/t20-,27-,28+,29+,30+,31+,32+,33+,34+,35+,36+,37+,39+,40+,41+,42+,43+,44+,45+,46+,47+,48-,49+,50+,51-,52+,53+,54+,55+,56+,57+,58+,59+,60-,61-,62-,63-,64+,65+,66+,67+,68+,69-,70-,71-,72+,73-,74-,75-,76-,77-,78+,79-,80-,81+,83+/m0/s1. The number of nitrogens with one attached hydrogen (secondary N) is 7. The molecule has 0 aromatic rings. The number of aliphatic hydroxyl groups is 29. The molecule has 7 amide bonds. The Hall–Kier alpha value is -6.24. The Morgan fingerprint density at radius 2 is 0.631 bits per heavy atom. The molecule has 0 bridgehead atoms. The van der Waals surface area contributed by atoms with Gasteiger partial charge in [0.2, 0.25) is 41.4 Å². The molecule has 0 unspecified atom stereocenters. The average molecular weight is 2180 g/mol. The Balaban J connectivity index is 0.924. The zero-order valence-electron chi connectivity index (χ0n) is 80.5. The second-order valence-corrected chi connectivity index (χ2v) is 37.5. The fraction of sp³-hybridized carbons (Fsp3) is 0.904. The zero-order chi connectivity index (χ0) is 110. The molecule has 0 aromatic carbocycles. The van der Waals surface area contributed by atoms with Crippen molar-refractivity contribution in [1.82, 2.24) is 37.2 Å². The Kier molecular flexibility index (Phi) is 44.3. The molecular weight excluding hydrogens is 2040 g/mol. The van der Waals surface area contributed by atoms with E-state index in [0.717, 1.165) is 41.5 Å². The normalized spacial score (nSPS) is 46.2. The Morgan fingerprint density at radius 1 is 0.302 bits per heavy atom. The fourth-order valence-corrected chi connectivity index (χ4v) is 19.1. The first kappa shape index (κ1) is 123. The van der Waals surface area contributed by atoms with E-state index in [4.69, 9.17) is 99.5 Å². The van der Waals surface area contributed by atoms with E-state index in [1.165, 1.54) is 6.92 Å². The molecule has 0 spiro atoms. The number of carbonyl (C=O) groups excluding carboxylic acids is 7. The molecule has 0 aromatic heterocycles. The van der Waals surface area contributed by atoms with Gasteiger partial charge in [0.25, 0.3) is 5.79 Å². The maximum absolute atomic E-state index is 13.5. The molecule has 37 N–H and O–H groups in total. The van der Waals surface area contributed by atoms with Gasteiger partial charge in [-0.3, -0.25) is 33.6 Å². The van der Waals surface area contributed by atoms with E-state index >= 15 is 0 Å². The second-order valence-electron chi connectivity index (χ2n) is 37.5. The number of rotatable bonds is 41. The molecule has 66 nitrogen and oxygen atoms in total. The first-order valence-corrected chi connectivity index (χ1v) is 47.3. The minimum absolute atomic E-state index is 0.837. The van der Waals surface area contributed by atoms with Crippen LogP contribution in [0.4, 0.5) is 0 Å². The number of aliphatic carboxylic acids is 1. The highest BCUT2D eigenvalue weighted by Gasteiger charge is 2.64. The van der Waals surface area contributed by atoms with Gasteiger partial charge >= 0.3 is 5.97 Å². The van der Waals surface area contributed by atoms with Crippen molar-refractivity contribution in [1.29, 1.82) is 0 Å². The van der Waals surface area contributed by atoms with Gasteiger partial charge in [-0.15, -0.1) is 0 Å². The van der Waals surface area contributed by atoms with E-state index in [9.17, 15) is 192 Å². The van der Waals surface area contributed by atoms with Crippen molar-refractivity contribution in [2.45, 2.75) is 398 Å². The van der Waals surface area contributed by atoms with E-state index in [-0.39, 0.29) is 0 Å². The maximum Gasteiger partial charge on any atom is 0.364 e. The van der Waals surface area contributed by atoms with Gasteiger partial charge in [-0.2, -0.15) is 0 Å². The predicted octanol–water partition coefficient (Wildman–Crippen LogP) is -24.8. The number of carboxylic acid groups (broad SMARTS) is 1. The summed E-state index contributed by atoms with van der Waals surface area (Å²) in [5.74, 6) is -12.4. The minimum atomic E-state index is -3.21. The second kappa shape index (κ2) is 53.7. The smallest absolute Gasteiger partial charge is 0.364 e. The molecule has 11 aliphatic heterocycles. The summed E-state index contributed by atoms with van der Waals surface area (Å²) in [7, 11) is 0. The first-order valence-electron chi connectivity index (χ1n) is 47.3. The summed E-state index contributed by atoms with van der Waals surface area (Å²) in [6.45, 7) is -6.54. The molecule has 11 rings (SSSR count). The zero-order valence-corrected chi connectivity index (χ0v) is 80.5. The monoisotopic (exact) mass is 2180 g/mol. The van der Waals surface area contributed by atoms with E-state index in [2.05, 4.69) is 37.2 Å². The van der Waals surface area contributed by atoms with Crippen molar-refractivity contribution in [3.8, 4) is 0 Å². The van der Waals surface area contributed by atoms with Crippen molar-refractivity contribution in [2.75, 3.05) is 72.7 Å². The van der Waals surface area contributed by atoms with Gasteiger partial charge in [0.1, 0.15) is 263 Å². The maximum atomic E-state index is 13.5. The summed E-state index contributed by atoms with van der Waals surface area (Å²) in [6, 6.07) is -13.7. The topological polar surface area (TPSA) is 1020 Å². The first-order chi connectivity index (χ1) is 70.3. The molecule has 66 heteroatoms. The van der Waals surface area contributed by atoms with E-state index in [1.807, 2.05) is 0 Å². The van der Waals surface area contributed by atoms with Crippen molar-refractivity contribution < 1.29 is 291 Å². The van der Waals surface area contributed by atoms with Crippen molar-refractivity contribution in [2.24, 2.45) is 0 Å². The molecule has 0 saturated carbocycles. The summed E-state index contributed by atoms with van der Waals surface area (Å²) in [5, 5.41) is 355. The lowest BCUT2D eigenvalue weighted by atomic mass is 9.88. The lowest BCUT2D eigenvalue weighted by Gasteiger charge is -2.51. The van der Waals surface area contributed by atoms with Crippen LogP contribution in [0.2, 0.25) is 0 Å². The molecule has 0 aliphatic carbocycles. The van der Waals surface area contributed by atoms with Gasteiger partial charge in [-0.1, -0.05) is 0 Å². The molecule has 11 saturated heterocycles. The van der Waals surface area contributed by atoms with Crippen molar-refractivity contribution >= 4 is 47.3 Å². The van der Waals surface area contributed by atoms with Crippen LogP contribution in [-0.4, -0.2) is 616 Å². The number of aliphatic hydroxyl groups excluding tert-OH is 29. The third kappa shape index (κ3) is 28.1. The van der Waals surface area contributed by atoms with Gasteiger partial charge < -0.3 is 290 Å². The summed E-state index contributed by atoms with van der Waals surface area (Å²) < 4.78 is 126. The van der Waals surface area contributed by atoms with E-state index < -0.39 is 469 Å². The summed E-state index contributed by atoms with van der Waals surface area (Å²) >= 11 is 0. The molecule has 149 heavy (non-hydrogen) atoms. The number of ether oxygens (including phenoxy) is 21. The van der Waals surface area contributed by atoms with E-state index in [0.29, 0.717) is 0 Å². The summed E-state index contributed by atoms with van der Waals surface area (Å²) in [6.07, 6.45) is -106. The molecule has 11 heterocycles. The highest BCUT2D eigenvalue weighted by atomic mass is 16.8. The third-order valence-corrected chi connectivity index (χ3v) is 26.8. The van der Waals surface area contributed by atoms with Crippen LogP contribution in [0, 0.1) is 0 Å². The largest absolute Gasteiger partial charge is 0.477 e. The van der Waals surface area contributed by atoms with Crippen LogP contribution in [0.3, 0.4) is 0 Å². The van der Waals surface area contributed by atoms with Gasteiger partial charge in [-0.05, 0) is 6.92 Å². The average Bonchev–Trinajstić information content (AvgIpc) is 0.761. The summed E-state index contributed by atoms with van der Waals surface area (Å²) in [4.78, 5) is 104. The highest BCUT2D eigenvalue weighted by molar-refractivity contribution is 5.79. The molecular formula is C83H137N7O59. The molecule has 11 aliphatic rings. The van der Waals surface area contributed by atoms with Crippen molar-refractivity contribution in [3.63, 3.8) is 0 Å². The van der Waals surface area contributed by atoms with E-state index in [1.54, 1.807) is 0 Å². The lowest BCUT2D eigenvalue weighted by molar-refractivity contribution is -0.398. The van der Waals surface area contributed by atoms with Gasteiger partial charge in [0.05, 0.1) is 84.3 Å². The van der Waals surface area contributed by atoms with Crippen LogP contribution < -0.4 is 37.2 Å². The molecule has 858 valence electrons. The fourth-order valence-electron chi connectivity index (χ4n) is 19.1. The summed E-state index contributed by atoms with van der Waals surface area (Å²) in [5.41, 5.74) is 0. The number of hydrogen-bond donors (Lipinski definition) is 37. The van der Waals surface area contributed by atoms with Crippen molar-refractivity contribution in [3.05, 3.63) is 0 Å². The Bertz CT molecular complexity index is 4300. The number of carbonyl (C=O) groups is 8. The van der Waals surface area contributed by atoms with Crippen LogP contribution in [-0.2, 0) is 138 Å². The van der Waals surface area contributed by atoms with Crippen LogP contribution in [0.15, 0.2) is 0 Å². The Morgan fingerprint density at radius 3 is 1.05 bits per heavy atom. The highest BCUT2D eigenvalue weighted by Crippen LogP contribution is 2.43. The lowest BCUT2D eigenvalue weighted by Crippen LogP contribution is -2.71. The number of carboxylic acids is 1. The van der Waals surface area contributed by atoms with Gasteiger partial charge in [0.15, 0.2) is 62.9 Å². The quantitative estimate of drug-likeness (QED) is 0.0270. The van der Waals surface area contributed by atoms with Gasteiger partial charge in [-0.25, -0.2) is 4.79 Å². The number of hydrogen-bond acceptors (Lipinski definition) is 58. The SMILES string of the molecule is CC(=O)N[C@@H]1[C@@H](O)[C@H](O[C@@H]2O[C@H](CO)[C@@H](O[C@@H]3O[C@H](CO[C@H]4O[C@H](CO)[C@@H](O)[C@H](O)[C@@H]4O[C@@H]4O[C@H](CO)[C@@H](O[C@@H]5O[C@H](CO)[C@H](O)[C@H](O)[C@H]5NC(C)=O)[C@H](O)[C@H]4NC(C)=O)[C@@H](O)[C@H](O[C@H]4O[C@H](CO)[C@@H](O)[C@H](O)[C@@H]4O[C@@H]4O[C@H](CO)[C@@H](O[C@@H]5O[C@H](CO[C@]6(C(=O)O)C[C@H](O)[C@@H](NC(=O)CO)[C@H]([C@H](O)[C@H](O)CO)O6)[C@H](O)[C@H](O)[C@H]5NC(C)=O)[C@H](O)[C@H]4NC(C)=O)[C@@H]3O)[C@H](O)[C@H]2NC(C)=O)[C@@H](CO[C@@H]2O[C@@H](C)[C@@H](O)[C@@H](O)[C@@H]2O)O[C@H]1O. The molecule has 0 radical (unpaired) electrons. The molecule has 11 fully saturated rings. The molecule has 56 atom stereocenters. The van der Waals surface area contributed by atoms with Crippen LogP contribution in [0.25, 0.3) is 0 Å². The number of amides is 7.